The molecule has 6 aliphatic heterocycles. The van der Waals surface area contributed by atoms with Crippen LogP contribution in [0.2, 0.25) is 0 Å². The van der Waals surface area contributed by atoms with E-state index in [9.17, 15) is 0 Å². The Bertz CT molecular complexity index is 4990. The van der Waals surface area contributed by atoms with Crippen LogP contribution in [-0.4, -0.2) is 0 Å². The van der Waals surface area contributed by atoms with Crippen molar-refractivity contribution in [1.82, 2.24) is 0 Å². The van der Waals surface area contributed by atoms with Crippen LogP contribution in [0, 0.1) is 44.6 Å². The maximum atomic E-state index is 2.49. The summed E-state index contributed by atoms with van der Waals surface area (Å²) in [6.45, 7) is 6.47. The van der Waals surface area contributed by atoms with Gasteiger partial charge in [-0.2, -0.15) is 27.4 Å². The van der Waals surface area contributed by atoms with Gasteiger partial charge in [0, 0.05) is 269 Å². The largest absolute Gasteiger partial charge is 0.358 e. The van der Waals surface area contributed by atoms with Gasteiger partial charge in [0.05, 0.1) is 6.42 Å². The third-order valence-corrected chi connectivity index (χ3v) is 21.7. The fraction of sp³-hybridized carbons (Fsp3) is 0.200. The molecule has 0 radical (unpaired) electrons. The SMILES string of the molecule is C1=CC2=C(C1)c1c3c(cc[n+]1C2)C=CC3.C1=CC2=C(C1)c1c3c(cc[n+]1C2)CC=C3.C1=CC2=C(C1)c1cc3c(c[n+]1C2)C=CC3.C1=CC2=C(C1)c1cc3c(c[n+]1C2)CC=C3.C1=CC2=C(C1)c1ccc3c([n+]1C2)C=CC3.C1=CC2=C(C1)c1ccc3c([n+]1C2)CC=C3.[CH3-].[CH3-].[CH3-].[CH3-].[CH3-].[CH3-].[W].[W].[W].[W].[W].[W]. The quantitative estimate of drug-likeness (QED) is 0.107. The maximum Gasteiger partial charge on any atom is 0.217 e. The molecule has 6 aromatic rings. The predicted molar refractivity (Wildman–Crippen MR) is 399 cm³/mol. The molecule has 0 atom stereocenters. The summed E-state index contributed by atoms with van der Waals surface area (Å²) in [4.78, 5) is 0. The smallest absolute Gasteiger partial charge is 0.217 e. The zero-order chi connectivity index (χ0) is 59.0. The van der Waals surface area contributed by atoms with E-state index in [1.54, 1.807) is 22.3 Å². The summed E-state index contributed by atoms with van der Waals surface area (Å²) in [6.07, 6.45) is 77.0. The molecule has 0 N–H and O–H groups in total. The average Bonchev–Trinajstić information content (AvgIpc) is 1.56. The van der Waals surface area contributed by atoms with E-state index in [1.807, 2.05) is 0 Å². The number of aromatic nitrogens is 6. The second-order valence-electron chi connectivity index (χ2n) is 26.7. The standard InChI is InChI=1S/6C14H12N.6CH3.6W/c2*1-4-11-9-15-13-6-2-3-10(13)7-8-14(15)12(11)5-1;2*1-3-10-7-8-15-9-11-4-2-6-13(11)14(15)12(10)5-1;2*1-3-10-7-14-13-6-2-5-12(13)9-15(14)8-11(10)4-1;;;;;;;;;;;;/h1-2,4,6-8H,3,5,9H2;1-4,7-8H,5-6,9H2;1-2,4-5,7-8H,3,6,9H2;1-4,7-8H,5-6,9H2;1-2,4-5,7-8H,3,6,9H2;1-3,5,7-8H,4,6,9H2;6*1H3;;;;;;/q6*+1;6*-1;;;;;;. The van der Waals surface area contributed by atoms with Crippen LogP contribution in [-0.2, 0) is 204 Å². The zero-order valence-corrected chi connectivity index (χ0v) is 77.2. The molecule has 12 heterocycles. The molecule has 102 heavy (non-hydrogen) atoms. The van der Waals surface area contributed by atoms with Crippen molar-refractivity contribution in [2.45, 2.75) is 116 Å². The molecule has 0 fully saturated rings. The van der Waals surface area contributed by atoms with E-state index in [1.165, 1.54) is 146 Å². The van der Waals surface area contributed by atoms with Gasteiger partial charge in [0.1, 0.15) is 0 Å². The molecule has 24 rings (SSSR count). The fourth-order valence-corrected chi connectivity index (χ4v) is 17.3. The summed E-state index contributed by atoms with van der Waals surface area (Å²) in [5, 5.41) is 0. The number of allylic oxidation sites excluding steroid dienone is 30. The van der Waals surface area contributed by atoms with E-state index in [-0.39, 0.29) is 171 Å². The van der Waals surface area contributed by atoms with E-state index >= 15 is 0 Å². The molecule has 12 heteroatoms. The molecular formula is C90H90N6W6. The second kappa shape index (κ2) is 34.7. The zero-order valence-electron chi connectivity index (χ0n) is 59.6. The topological polar surface area (TPSA) is 23.3 Å². The summed E-state index contributed by atoms with van der Waals surface area (Å²) in [5.41, 5.74) is 44.6. The predicted octanol–water partition coefficient (Wildman–Crippen LogP) is 16.3. The van der Waals surface area contributed by atoms with Crippen LogP contribution >= 0.6 is 0 Å². The Kier molecular flexibility index (Phi) is 28.5. The summed E-state index contributed by atoms with van der Waals surface area (Å²) in [5.74, 6) is 0. The first-order valence-electron chi connectivity index (χ1n) is 33.2. The van der Waals surface area contributed by atoms with Gasteiger partial charge in [-0.3, -0.25) is 0 Å². The van der Waals surface area contributed by atoms with Gasteiger partial charge in [0.15, 0.2) is 69.7 Å². The first-order valence-corrected chi connectivity index (χ1v) is 33.2. The van der Waals surface area contributed by atoms with Gasteiger partial charge in [-0.15, -0.1) is 0 Å². The van der Waals surface area contributed by atoms with Crippen molar-refractivity contribution in [2.75, 3.05) is 0 Å². The molecule has 0 aromatic carbocycles. The summed E-state index contributed by atoms with van der Waals surface area (Å²) in [7, 11) is 0. The Balaban J connectivity index is 0.000000168. The van der Waals surface area contributed by atoms with Crippen LogP contribution in [0.4, 0.5) is 0 Å². The normalized spacial score (nSPS) is 17.4. The Hall–Kier alpha value is -5.65. The molecule has 0 spiro atoms. The third-order valence-electron chi connectivity index (χ3n) is 21.7. The van der Waals surface area contributed by atoms with Crippen LogP contribution in [0.25, 0.3) is 69.9 Å². The number of pyridine rings is 6. The molecule has 0 saturated heterocycles. The Labute approximate surface area is 694 Å². The number of fused-ring (bicyclic) bond motifs is 22. The van der Waals surface area contributed by atoms with Crippen LogP contribution in [0.3, 0.4) is 0 Å². The van der Waals surface area contributed by atoms with Crippen molar-refractivity contribution in [3.63, 3.8) is 0 Å². The van der Waals surface area contributed by atoms with Crippen LogP contribution < -0.4 is 27.4 Å². The van der Waals surface area contributed by atoms with E-state index in [0.717, 1.165) is 116 Å². The monoisotopic (exact) mass is 2360 g/mol. The summed E-state index contributed by atoms with van der Waals surface area (Å²) in [6, 6.07) is 18.4. The van der Waals surface area contributed by atoms with Gasteiger partial charge >= 0.3 is 0 Å². The number of nitrogens with zero attached hydrogens (tertiary/aromatic N) is 6. The Morgan fingerprint density at radius 1 is 0.255 bits per heavy atom. The average molecular weight is 2360 g/mol. The third kappa shape index (κ3) is 14.5. The molecule has 12 aliphatic carbocycles. The van der Waals surface area contributed by atoms with Gasteiger partial charge < -0.3 is 44.6 Å². The second-order valence-corrected chi connectivity index (χ2v) is 26.7. The fourth-order valence-electron chi connectivity index (χ4n) is 17.3. The molecule has 0 saturated carbocycles. The minimum Gasteiger partial charge on any atom is -0.358 e. The molecular weight excluding hydrogens is 2270 g/mol. The first-order chi connectivity index (χ1) is 44.6. The van der Waals surface area contributed by atoms with Crippen molar-refractivity contribution >= 4 is 69.9 Å². The molecule has 0 bridgehead atoms. The van der Waals surface area contributed by atoms with E-state index in [0.29, 0.717) is 0 Å². The van der Waals surface area contributed by atoms with Crippen molar-refractivity contribution in [3.8, 4) is 0 Å². The molecule has 0 amide bonds. The van der Waals surface area contributed by atoms with Crippen LogP contribution in [0.5, 0.6) is 0 Å². The van der Waals surface area contributed by atoms with E-state index < -0.39 is 0 Å². The van der Waals surface area contributed by atoms with Gasteiger partial charge in [-0.05, 0) is 105 Å². The first kappa shape index (κ1) is 83.6. The Morgan fingerprint density at radius 3 is 1.35 bits per heavy atom. The number of hydrogen-bond donors (Lipinski definition) is 0. The molecule has 6 nitrogen and oxygen atoms in total. The molecule has 6 aromatic heterocycles. The molecule has 0 unspecified atom stereocenters. The number of rotatable bonds is 0. The summed E-state index contributed by atoms with van der Waals surface area (Å²) >= 11 is 0. The van der Waals surface area contributed by atoms with E-state index in [2.05, 4.69) is 247 Å². The molecule has 18 aliphatic rings. The minimum atomic E-state index is 0. The van der Waals surface area contributed by atoms with Crippen LogP contribution in [0.1, 0.15) is 140 Å². The minimum absolute atomic E-state index is 0. The van der Waals surface area contributed by atoms with Crippen molar-refractivity contribution < 1.29 is 154 Å². The van der Waals surface area contributed by atoms with E-state index in [4.69, 9.17) is 0 Å². The van der Waals surface area contributed by atoms with Crippen molar-refractivity contribution in [2.24, 2.45) is 0 Å². The van der Waals surface area contributed by atoms with Gasteiger partial charge in [0.25, 0.3) is 0 Å². The summed E-state index contributed by atoms with van der Waals surface area (Å²) < 4.78 is 14.5. The Morgan fingerprint density at radius 2 is 0.686 bits per heavy atom. The van der Waals surface area contributed by atoms with Gasteiger partial charge in [0.2, 0.25) is 39.9 Å². The van der Waals surface area contributed by atoms with Crippen molar-refractivity contribution in [1.29, 1.82) is 0 Å². The van der Waals surface area contributed by atoms with Gasteiger partial charge in [-0.1, -0.05) is 140 Å². The molecule has 516 valence electrons. The van der Waals surface area contributed by atoms with Crippen molar-refractivity contribution in [3.05, 3.63) is 362 Å². The maximum absolute atomic E-state index is 2.49. The van der Waals surface area contributed by atoms with Crippen LogP contribution in [0.15, 0.2) is 216 Å². The van der Waals surface area contributed by atoms with Gasteiger partial charge in [-0.25, -0.2) is 0 Å². The number of hydrogen-bond acceptors (Lipinski definition) is 0.